The first kappa shape index (κ1) is 42.8. The highest BCUT2D eigenvalue weighted by Gasteiger charge is 2.59. The van der Waals surface area contributed by atoms with E-state index < -0.39 is 34.8 Å². The number of piperidine rings is 1. The Morgan fingerprint density at radius 2 is 1.82 bits per heavy atom. The molecule has 3 aliphatic heterocycles. The lowest BCUT2D eigenvalue weighted by Gasteiger charge is -2.43. The van der Waals surface area contributed by atoms with Gasteiger partial charge in [-0.1, -0.05) is 18.5 Å². The molecule has 0 aromatic heterocycles. The van der Waals surface area contributed by atoms with Crippen molar-refractivity contribution in [1.82, 2.24) is 15.1 Å². The topological polar surface area (TPSA) is 150 Å². The van der Waals surface area contributed by atoms with Crippen LogP contribution in [0.3, 0.4) is 0 Å². The molecule has 0 bridgehead atoms. The predicted molar refractivity (Wildman–Crippen MR) is 224 cm³/mol. The average molecular weight is 865 g/mol. The van der Waals surface area contributed by atoms with Crippen molar-refractivity contribution < 1.29 is 37.1 Å². The summed E-state index contributed by atoms with van der Waals surface area (Å²) in [6.07, 6.45) is -1.83. The van der Waals surface area contributed by atoms with Gasteiger partial charge in [-0.2, -0.15) is 18.4 Å². The first-order valence-electron chi connectivity index (χ1n) is 19.8. The summed E-state index contributed by atoms with van der Waals surface area (Å²) in [4.78, 5) is 58.1. The van der Waals surface area contributed by atoms with Crippen LogP contribution in [0.4, 0.5) is 35.9 Å². The highest BCUT2D eigenvalue weighted by atomic mass is 35.5. The SMILES string of the molecule is CCc1cc(N2C(=S)N(c3ccc(C#N)c(C(F)(F)F)c3)C(=O)C23CCC3)ccc1OCCN1CCN(CC(=O)Nc2cc(Cl)cc(NC3CCC(=O)NC3=O)c2)C(C)C1. The smallest absolute Gasteiger partial charge is 0.417 e. The summed E-state index contributed by atoms with van der Waals surface area (Å²) >= 11 is 12.1. The maximum atomic E-state index is 14.0. The quantitative estimate of drug-likeness (QED) is 0.143. The molecule has 3 heterocycles. The number of benzene rings is 3. The van der Waals surface area contributed by atoms with Gasteiger partial charge in [0.1, 0.15) is 23.9 Å². The van der Waals surface area contributed by atoms with Crippen LogP contribution in [0.25, 0.3) is 0 Å². The zero-order valence-electron chi connectivity index (χ0n) is 33.0. The molecule has 3 saturated heterocycles. The number of rotatable bonds is 12. The van der Waals surface area contributed by atoms with Crippen LogP contribution in [-0.2, 0) is 31.8 Å². The third kappa shape index (κ3) is 8.78. The number of nitrogens with one attached hydrogen (secondary N) is 3. The number of imide groups is 1. The number of alkyl halides is 3. The summed E-state index contributed by atoms with van der Waals surface area (Å²) in [7, 11) is 0. The number of ether oxygens (including phenoxy) is 1. The Balaban J connectivity index is 0.931. The van der Waals surface area contributed by atoms with E-state index in [1.165, 1.54) is 6.07 Å². The fourth-order valence-corrected chi connectivity index (χ4v) is 8.99. The lowest BCUT2D eigenvalue weighted by atomic mass is 9.75. The van der Waals surface area contributed by atoms with Gasteiger partial charge in [0, 0.05) is 60.7 Å². The summed E-state index contributed by atoms with van der Waals surface area (Å²) in [6.45, 7) is 7.38. The molecule has 0 radical (unpaired) electrons. The number of hydrogen-bond donors (Lipinski definition) is 3. The average Bonchev–Trinajstić information content (AvgIpc) is 3.42. The standard InChI is InChI=1S/C42H44ClF3N8O5S/c1-3-26-17-32(54-40(60)53(39(58)41(54)11-4-12-41)31-6-5-27(22-47)33(21-31)42(44,45)46)7-9-35(26)59-16-15-51-13-14-52(25(2)23-51)24-37(56)49-30-19-28(43)18-29(20-30)48-34-8-10-36(55)50-38(34)57/h5-7,9,17-21,25,34,48H,3-4,8,10-16,23-24H2,1-2H3,(H,49,56)(H,50,55,57). The maximum absolute atomic E-state index is 14.0. The summed E-state index contributed by atoms with van der Waals surface area (Å²) < 4.78 is 47.8. The molecular formula is C42H44ClF3N8O5S. The Labute approximate surface area is 355 Å². The summed E-state index contributed by atoms with van der Waals surface area (Å²) in [5.41, 5.74) is -0.128. The second-order valence-electron chi connectivity index (χ2n) is 15.5. The Morgan fingerprint density at radius 3 is 2.48 bits per heavy atom. The van der Waals surface area contributed by atoms with Crippen LogP contribution in [0, 0.1) is 11.3 Å². The summed E-state index contributed by atoms with van der Waals surface area (Å²) in [5, 5.41) is 18.1. The van der Waals surface area contributed by atoms with Crippen molar-refractivity contribution in [1.29, 1.82) is 5.26 Å². The molecule has 3 N–H and O–H groups in total. The molecule has 316 valence electrons. The first-order chi connectivity index (χ1) is 28.6. The van der Waals surface area contributed by atoms with Crippen LogP contribution in [0.1, 0.15) is 62.6 Å². The molecule has 1 aliphatic carbocycles. The molecule has 4 aliphatic rings. The number of thiocarbonyl (C=S) groups is 1. The number of hydrogen-bond acceptors (Lipinski definition) is 10. The molecule has 4 fully saturated rings. The van der Waals surface area contributed by atoms with Gasteiger partial charge < -0.3 is 20.3 Å². The van der Waals surface area contributed by atoms with Gasteiger partial charge in [-0.25, -0.2) is 0 Å². The minimum atomic E-state index is -4.79. The fourth-order valence-electron chi connectivity index (χ4n) is 8.29. The molecule has 2 unspecified atom stereocenters. The molecule has 3 aromatic rings. The molecule has 18 heteroatoms. The Morgan fingerprint density at radius 1 is 1.07 bits per heavy atom. The highest BCUT2D eigenvalue weighted by molar-refractivity contribution is 7.81. The molecule has 4 amide bonds. The Hall–Kier alpha value is -5.28. The van der Waals surface area contributed by atoms with Crippen molar-refractivity contribution in [2.75, 3.05) is 59.8 Å². The van der Waals surface area contributed by atoms with Gasteiger partial charge in [0.25, 0.3) is 5.91 Å². The van der Waals surface area contributed by atoms with E-state index in [1.54, 1.807) is 29.2 Å². The largest absolute Gasteiger partial charge is 0.492 e. The number of halogens is 4. The van der Waals surface area contributed by atoms with E-state index in [1.807, 2.05) is 25.1 Å². The van der Waals surface area contributed by atoms with Crippen LogP contribution >= 0.6 is 23.8 Å². The Kier molecular flexibility index (Phi) is 12.4. The second-order valence-corrected chi connectivity index (χ2v) is 16.3. The molecule has 1 saturated carbocycles. The fraction of sp³-hybridized carbons (Fsp3) is 0.429. The summed E-state index contributed by atoms with van der Waals surface area (Å²) in [6, 6.07) is 14.8. The van der Waals surface area contributed by atoms with Gasteiger partial charge in [0.05, 0.1) is 29.4 Å². The van der Waals surface area contributed by atoms with Gasteiger partial charge in [-0.15, -0.1) is 0 Å². The van der Waals surface area contributed by atoms with E-state index in [-0.39, 0.29) is 47.5 Å². The van der Waals surface area contributed by atoms with Gasteiger partial charge in [-0.3, -0.25) is 39.2 Å². The van der Waals surface area contributed by atoms with Gasteiger partial charge >= 0.3 is 6.18 Å². The van der Waals surface area contributed by atoms with E-state index in [9.17, 15) is 37.6 Å². The van der Waals surface area contributed by atoms with Gasteiger partial charge in [0.15, 0.2) is 5.11 Å². The third-order valence-electron chi connectivity index (χ3n) is 11.6. The molecule has 7 rings (SSSR count). The van der Waals surface area contributed by atoms with E-state index in [0.29, 0.717) is 73.2 Å². The van der Waals surface area contributed by atoms with Gasteiger partial charge in [0.2, 0.25) is 17.7 Å². The molecule has 13 nitrogen and oxygen atoms in total. The van der Waals surface area contributed by atoms with Crippen molar-refractivity contribution in [3.8, 4) is 11.8 Å². The van der Waals surface area contributed by atoms with E-state index in [2.05, 4.69) is 32.7 Å². The number of amides is 4. The van der Waals surface area contributed by atoms with Gasteiger partial charge in [-0.05, 0) is 111 Å². The number of piperazine rings is 1. The minimum Gasteiger partial charge on any atom is -0.492 e. The van der Waals surface area contributed by atoms with Crippen LogP contribution < -0.4 is 30.5 Å². The van der Waals surface area contributed by atoms with Crippen molar-refractivity contribution in [2.45, 2.75) is 76.2 Å². The number of anilines is 4. The van der Waals surface area contributed by atoms with Crippen LogP contribution in [0.15, 0.2) is 54.6 Å². The van der Waals surface area contributed by atoms with Crippen molar-refractivity contribution in [3.63, 3.8) is 0 Å². The second kappa shape index (κ2) is 17.4. The lowest BCUT2D eigenvalue weighted by Crippen LogP contribution is -2.55. The molecule has 1 spiro atoms. The predicted octanol–water partition coefficient (Wildman–Crippen LogP) is 6.09. The maximum Gasteiger partial charge on any atom is 0.417 e. The highest BCUT2D eigenvalue weighted by Crippen LogP contribution is 2.49. The van der Waals surface area contributed by atoms with Crippen LogP contribution in [0.5, 0.6) is 5.75 Å². The number of carbonyl (C=O) groups is 4. The number of aryl methyl sites for hydroxylation is 1. The van der Waals surface area contributed by atoms with E-state index in [4.69, 9.17) is 28.6 Å². The number of nitriles is 1. The Bertz CT molecular complexity index is 2270. The summed E-state index contributed by atoms with van der Waals surface area (Å²) in [5.74, 6) is -0.628. The van der Waals surface area contributed by atoms with Crippen LogP contribution in [0.2, 0.25) is 5.02 Å². The zero-order valence-corrected chi connectivity index (χ0v) is 34.6. The van der Waals surface area contributed by atoms with E-state index >= 15 is 0 Å². The van der Waals surface area contributed by atoms with Crippen molar-refractivity contribution >= 4 is 75.3 Å². The first-order valence-corrected chi connectivity index (χ1v) is 20.6. The van der Waals surface area contributed by atoms with Crippen molar-refractivity contribution in [2.24, 2.45) is 0 Å². The molecule has 2 atom stereocenters. The van der Waals surface area contributed by atoms with Crippen molar-refractivity contribution in [3.05, 3.63) is 76.3 Å². The minimum absolute atomic E-state index is 0.0339. The monoisotopic (exact) mass is 864 g/mol. The number of carbonyl (C=O) groups excluding carboxylic acids is 4. The number of nitrogens with zero attached hydrogens (tertiary/aromatic N) is 5. The molecule has 3 aromatic carbocycles. The van der Waals surface area contributed by atoms with E-state index in [0.717, 1.165) is 42.1 Å². The normalized spacial score (nSPS) is 20.8. The van der Waals surface area contributed by atoms with Crippen LogP contribution in [-0.4, -0.2) is 95.5 Å². The third-order valence-corrected chi connectivity index (χ3v) is 12.2. The molecular weight excluding hydrogens is 821 g/mol. The lowest BCUT2D eigenvalue weighted by molar-refractivity contribution is -0.138. The molecule has 60 heavy (non-hydrogen) atoms. The zero-order chi connectivity index (χ0) is 42.9.